The summed E-state index contributed by atoms with van der Waals surface area (Å²) in [6, 6.07) is 0. The lowest BCUT2D eigenvalue weighted by Crippen LogP contribution is -2.39. The van der Waals surface area contributed by atoms with Crippen molar-refractivity contribution in [2.24, 2.45) is 5.73 Å². The standard InChI is InChI=1S/C12H16N6O5/c13-1-6(20)23-9-5(2-19)22-12(8(9)21)18-4-17-7-10(14)15-3-16-11(7)18/h3-5,8-9,12,19,21H,1-2,13H2,(H2,14,15,16)/t5-,8-,9-,12-/m1/s1. The van der Waals surface area contributed by atoms with Crippen molar-refractivity contribution in [3.63, 3.8) is 0 Å². The Labute approximate surface area is 129 Å². The van der Waals surface area contributed by atoms with Crippen LogP contribution < -0.4 is 11.5 Å². The fourth-order valence-corrected chi connectivity index (χ4v) is 2.50. The second kappa shape index (κ2) is 6.04. The fourth-order valence-electron chi connectivity index (χ4n) is 2.50. The summed E-state index contributed by atoms with van der Waals surface area (Å²) in [6.07, 6.45) is -1.52. The van der Waals surface area contributed by atoms with Crippen molar-refractivity contribution < 1.29 is 24.5 Å². The summed E-state index contributed by atoms with van der Waals surface area (Å²) in [7, 11) is 0. The number of fused-ring (bicyclic) bond motifs is 1. The number of aliphatic hydroxyl groups is 2. The first-order chi connectivity index (χ1) is 11.1. The van der Waals surface area contributed by atoms with Gasteiger partial charge in [0.05, 0.1) is 19.5 Å². The second-order valence-electron chi connectivity index (χ2n) is 4.98. The minimum atomic E-state index is -1.24. The van der Waals surface area contributed by atoms with E-state index < -0.39 is 37.1 Å². The van der Waals surface area contributed by atoms with Crippen molar-refractivity contribution >= 4 is 23.0 Å². The van der Waals surface area contributed by atoms with Crippen molar-refractivity contribution in [1.29, 1.82) is 0 Å². The Morgan fingerprint density at radius 1 is 1.43 bits per heavy atom. The molecule has 0 unspecified atom stereocenters. The molecular formula is C12H16N6O5. The van der Waals surface area contributed by atoms with Gasteiger partial charge in [0.15, 0.2) is 23.8 Å². The first-order valence-electron chi connectivity index (χ1n) is 6.83. The highest BCUT2D eigenvalue weighted by Crippen LogP contribution is 2.33. The van der Waals surface area contributed by atoms with Gasteiger partial charge in [-0.2, -0.15) is 0 Å². The fraction of sp³-hybridized carbons (Fsp3) is 0.500. The molecule has 0 spiro atoms. The van der Waals surface area contributed by atoms with Gasteiger partial charge in [-0.15, -0.1) is 0 Å². The monoisotopic (exact) mass is 324 g/mol. The summed E-state index contributed by atoms with van der Waals surface area (Å²) in [5, 5.41) is 19.8. The molecule has 0 bridgehead atoms. The molecule has 11 heteroatoms. The highest BCUT2D eigenvalue weighted by atomic mass is 16.6. The van der Waals surface area contributed by atoms with Crippen LogP contribution in [0.1, 0.15) is 6.23 Å². The minimum absolute atomic E-state index is 0.186. The van der Waals surface area contributed by atoms with Crippen molar-refractivity contribution in [3.05, 3.63) is 12.7 Å². The summed E-state index contributed by atoms with van der Waals surface area (Å²) in [6.45, 7) is -0.788. The third kappa shape index (κ3) is 2.59. The molecule has 2 aromatic heterocycles. The Kier molecular flexibility index (Phi) is 4.09. The summed E-state index contributed by atoms with van der Waals surface area (Å²) in [5.41, 5.74) is 11.6. The molecule has 0 radical (unpaired) electrons. The predicted molar refractivity (Wildman–Crippen MR) is 75.7 cm³/mol. The summed E-state index contributed by atoms with van der Waals surface area (Å²) in [5.74, 6) is -0.523. The number of nitrogen functional groups attached to an aromatic ring is 1. The lowest BCUT2D eigenvalue weighted by Gasteiger charge is -2.19. The van der Waals surface area contributed by atoms with Crippen LogP contribution in [0, 0.1) is 0 Å². The predicted octanol–water partition coefficient (Wildman–Crippen LogP) is -2.47. The maximum Gasteiger partial charge on any atom is 0.320 e. The van der Waals surface area contributed by atoms with E-state index in [0.29, 0.717) is 11.2 Å². The van der Waals surface area contributed by atoms with Crippen LogP contribution in [-0.2, 0) is 14.3 Å². The number of aromatic nitrogens is 4. The Morgan fingerprint density at radius 2 is 2.22 bits per heavy atom. The average Bonchev–Trinajstić information content (AvgIpc) is 3.10. The number of nitrogens with zero attached hydrogens (tertiary/aromatic N) is 4. The molecule has 4 atom stereocenters. The van der Waals surface area contributed by atoms with Crippen molar-refractivity contribution in [2.75, 3.05) is 18.9 Å². The molecule has 0 aliphatic carbocycles. The molecule has 1 saturated heterocycles. The highest BCUT2D eigenvalue weighted by molar-refractivity contribution is 5.81. The van der Waals surface area contributed by atoms with Crippen LogP contribution in [0.25, 0.3) is 11.2 Å². The first-order valence-corrected chi connectivity index (χ1v) is 6.83. The molecule has 0 saturated carbocycles. The van der Waals surface area contributed by atoms with E-state index in [0.717, 1.165) is 0 Å². The molecule has 0 amide bonds. The topological polar surface area (TPSA) is 172 Å². The van der Waals surface area contributed by atoms with E-state index >= 15 is 0 Å². The molecule has 0 aromatic carbocycles. The van der Waals surface area contributed by atoms with Crippen LogP contribution in [-0.4, -0.2) is 67.2 Å². The Bertz CT molecular complexity index is 721. The maximum atomic E-state index is 11.4. The van der Waals surface area contributed by atoms with Gasteiger partial charge in [0.2, 0.25) is 0 Å². The molecule has 2 aromatic rings. The molecule has 23 heavy (non-hydrogen) atoms. The largest absolute Gasteiger partial charge is 0.456 e. The third-order valence-electron chi connectivity index (χ3n) is 3.58. The van der Waals surface area contributed by atoms with E-state index in [1.54, 1.807) is 0 Å². The zero-order valence-corrected chi connectivity index (χ0v) is 11.9. The van der Waals surface area contributed by atoms with E-state index in [1.165, 1.54) is 17.2 Å². The van der Waals surface area contributed by atoms with Gasteiger partial charge in [-0.1, -0.05) is 0 Å². The van der Waals surface area contributed by atoms with Crippen LogP contribution >= 0.6 is 0 Å². The molecule has 6 N–H and O–H groups in total. The minimum Gasteiger partial charge on any atom is -0.456 e. The first kappa shape index (κ1) is 15.6. The normalized spacial score (nSPS) is 27.4. The summed E-state index contributed by atoms with van der Waals surface area (Å²) < 4.78 is 12.1. The highest BCUT2D eigenvalue weighted by Gasteiger charge is 2.47. The van der Waals surface area contributed by atoms with Crippen molar-refractivity contribution in [1.82, 2.24) is 19.5 Å². The SMILES string of the molecule is NCC(=O)O[C@H]1[C@@H](O)[C@H](n2cnc3c(N)ncnc32)O[C@@H]1CO. The van der Waals surface area contributed by atoms with Crippen LogP contribution in [0.3, 0.4) is 0 Å². The van der Waals surface area contributed by atoms with E-state index in [2.05, 4.69) is 15.0 Å². The molecular weight excluding hydrogens is 308 g/mol. The zero-order chi connectivity index (χ0) is 16.6. The number of nitrogens with two attached hydrogens (primary N) is 2. The quantitative estimate of drug-likeness (QED) is 0.441. The van der Waals surface area contributed by atoms with Gasteiger partial charge in [0.1, 0.15) is 24.1 Å². The van der Waals surface area contributed by atoms with Gasteiger partial charge in [-0.25, -0.2) is 15.0 Å². The number of anilines is 1. The summed E-state index contributed by atoms with van der Waals surface area (Å²) >= 11 is 0. The van der Waals surface area contributed by atoms with Crippen molar-refractivity contribution in [2.45, 2.75) is 24.5 Å². The van der Waals surface area contributed by atoms with Crippen LogP contribution in [0.2, 0.25) is 0 Å². The Balaban J connectivity index is 1.93. The maximum absolute atomic E-state index is 11.4. The van der Waals surface area contributed by atoms with E-state index in [4.69, 9.17) is 20.9 Å². The number of esters is 1. The average molecular weight is 324 g/mol. The smallest absolute Gasteiger partial charge is 0.320 e. The van der Waals surface area contributed by atoms with Crippen LogP contribution in [0.4, 0.5) is 5.82 Å². The lowest BCUT2D eigenvalue weighted by atomic mass is 10.1. The second-order valence-corrected chi connectivity index (χ2v) is 4.98. The van der Waals surface area contributed by atoms with Gasteiger partial charge in [-0.3, -0.25) is 9.36 Å². The van der Waals surface area contributed by atoms with E-state index in [-0.39, 0.29) is 12.4 Å². The number of hydrogen-bond donors (Lipinski definition) is 4. The summed E-state index contributed by atoms with van der Waals surface area (Å²) in [4.78, 5) is 23.3. The van der Waals surface area contributed by atoms with Crippen LogP contribution in [0.5, 0.6) is 0 Å². The molecule has 1 aliphatic heterocycles. The number of carbonyl (C=O) groups is 1. The van der Waals surface area contributed by atoms with Gasteiger partial charge < -0.3 is 31.2 Å². The van der Waals surface area contributed by atoms with Crippen molar-refractivity contribution in [3.8, 4) is 0 Å². The van der Waals surface area contributed by atoms with E-state index in [1.807, 2.05) is 0 Å². The molecule has 1 aliphatic rings. The Morgan fingerprint density at radius 3 is 2.91 bits per heavy atom. The molecule has 124 valence electrons. The van der Waals surface area contributed by atoms with E-state index in [9.17, 15) is 15.0 Å². The number of ether oxygens (including phenoxy) is 2. The van der Waals surface area contributed by atoms with Gasteiger partial charge >= 0.3 is 5.97 Å². The molecule has 11 nitrogen and oxygen atoms in total. The number of imidazole rings is 1. The molecule has 3 rings (SSSR count). The lowest BCUT2D eigenvalue weighted by molar-refractivity contribution is -0.154. The number of rotatable bonds is 4. The van der Waals surface area contributed by atoms with Gasteiger partial charge in [-0.05, 0) is 0 Å². The number of carbonyl (C=O) groups excluding carboxylic acids is 1. The number of aliphatic hydroxyl groups excluding tert-OH is 2. The zero-order valence-electron chi connectivity index (χ0n) is 11.9. The van der Waals surface area contributed by atoms with Gasteiger partial charge in [0.25, 0.3) is 0 Å². The van der Waals surface area contributed by atoms with Crippen LogP contribution in [0.15, 0.2) is 12.7 Å². The number of hydrogen-bond acceptors (Lipinski definition) is 10. The molecule has 3 heterocycles. The Hall–Kier alpha value is -2.34. The molecule has 1 fully saturated rings. The third-order valence-corrected chi connectivity index (χ3v) is 3.58. The van der Waals surface area contributed by atoms with Gasteiger partial charge in [0, 0.05) is 0 Å².